The van der Waals surface area contributed by atoms with Crippen molar-refractivity contribution < 1.29 is 18.7 Å². The van der Waals surface area contributed by atoms with E-state index in [0.29, 0.717) is 17.7 Å². The fourth-order valence-electron chi connectivity index (χ4n) is 3.69. The fourth-order valence-corrected chi connectivity index (χ4v) is 3.69. The molecule has 0 saturated heterocycles. The van der Waals surface area contributed by atoms with Crippen molar-refractivity contribution in [1.82, 2.24) is 10.2 Å². The molecule has 6 heteroatoms. The molecule has 0 aliphatic heterocycles. The van der Waals surface area contributed by atoms with Crippen molar-refractivity contribution in [2.24, 2.45) is 0 Å². The van der Waals surface area contributed by atoms with E-state index >= 15 is 0 Å². The molecule has 0 bridgehead atoms. The predicted octanol–water partition coefficient (Wildman–Crippen LogP) is 4.50. The average molecular weight is 447 g/mol. The van der Waals surface area contributed by atoms with Crippen LogP contribution >= 0.6 is 0 Å². The lowest BCUT2D eigenvalue weighted by Crippen LogP contribution is -2.33. The van der Waals surface area contributed by atoms with Gasteiger partial charge >= 0.3 is 0 Å². The molecule has 1 saturated carbocycles. The average Bonchev–Trinajstić information content (AvgIpc) is 3.68. The van der Waals surface area contributed by atoms with Crippen molar-refractivity contribution in [2.75, 3.05) is 7.11 Å². The van der Waals surface area contributed by atoms with Gasteiger partial charge in [-0.15, -0.1) is 0 Å². The topological polar surface area (TPSA) is 58.6 Å². The van der Waals surface area contributed by atoms with Gasteiger partial charge in [0, 0.05) is 30.3 Å². The molecule has 3 aromatic carbocycles. The zero-order chi connectivity index (χ0) is 23.2. The smallest absolute Gasteiger partial charge is 0.254 e. The van der Waals surface area contributed by atoms with Crippen LogP contribution in [0.2, 0.25) is 0 Å². The SMILES string of the molecule is COc1ccc(CC(=O)NCc2ccc(C(=O)N(Cc3ccccc3F)C3CC3)cc2)cc1. The summed E-state index contributed by atoms with van der Waals surface area (Å²) in [5.74, 6) is 0.278. The van der Waals surface area contributed by atoms with Crippen LogP contribution in [0.5, 0.6) is 5.75 Å². The van der Waals surface area contributed by atoms with Gasteiger partial charge in [0.25, 0.3) is 5.91 Å². The molecule has 0 radical (unpaired) electrons. The summed E-state index contributed by atoms with van der Waals surface area (Å²) in [6.45, 7) is 0.643. The Morgan fingerprint density at radius 1 is 0.970 bits per heavy atom. The van der Waals surface area contributed by atoms with E-state index in [1.165, 1.54) is 6.07 Å². The molecule has 0 heterocycles. The summed E-state index contributed by atoms with van der Waals surface area (Å²) in [5.41, 5.74) is 2.89. The van der Waals surface area contributed by atoms with E-state index in [-0.39, 0.29) is 36.6 Å². The van der Waals surface area contributed by atoms with Crippen molar-refractivity contribution in [3.05, 3.63) is 101 Å². The van der Waals surface area contributed by atoms with Gasteiger partial charge in [-0.25, -0.2) is 4.39 Å². The second-order valence-electron chi connectivity index (χ2n) is 8.25. The molecule has 1 N–H and O–H groups in total. The van der Waals surface area contributed by atoms with Gasteiger partial charge in [0.2, 0.25) is 5.91 Å². The molecule has 5 nitrogen and oxygen atoms in total. The number of methoxy groups -OCH3 is 1. The minimum absolute atomic E-state index is 0.0786. The number of nitrogens with zero attached hydrogens (tertiary/aromatic N) is 1. The highest BCUT2D eigenvalue weighted by Crippen LogP contribution is 2.30. The molecule has 0 aromatic heterocycles. The highest BCUT2D eigenvalue weighted by Gasteiger charge is 2.33. The third kappa shape index (κ3) is 5.98. The van der Waals surface area contributed by atoms with Crippen molar-refractivity contribution in [3.63, 3.8) is 0 Å². The molecule has 3 aromatic rings. The maximum atomic E-state index is 14.1. The number of benzene rings is 3. The summed E-state index contributed by atoms with van der Waals surface area (Å²) < 4.78 is 19.2. The minimum atomic E-state index is -0.295. The van der Waals surface area contributed by atoms with E-state index in [2.05, 4.69) is 5.32 Å². The molecule has 4 rings (SSSR count). The Bertz CT molecular complexity index is 1110. The van der Waals surface area contributed by atoms with Gasteiger partial charge in [-0.3, -0.25) is 9.59 Å². The third-order valence-electron chi connectivity index (χ3n) is 5.76. The van der Waals surface area contributed by atoms with Crippen LogP contribution in [-0.2, 0) is 24.3 Å². The van der Waals surface area contributed by atoms with E-state index in [9.17, 15) is 14.0 Å². The molecule has 1 aliphatic carbocycles. The van der Waals surface area contributed by atoms with Crippen LogP contribution in [0.15, 0.2) is 72.8 Å². The lowest BCUT2D eigenvalue weighted by molar-refractivity contribution is -0.120. The molecular weight excluding hydrogens is 419 g/mol. The second-order valence-corrected chi connectivity index (χ2v) is 8.25. The normalized spacial score (nSPS) is 12.8. The van der Waals surface area contributed by atoms with E-state index in [1.807, 2.05) is 36.4 Å². The lowest BCUT2D eigenvalue weighted by Gasteiger charge is -2.23. The van der Waals surface area contributed by atoms with Crippen molar-refractivity contribution in [1.29, 1.82) is 0 Å². The number of amides is 2. The molecule has 1 fully saturated rings. The minimum Gasteiger partial charge on any atom is -0.497 e. The maximum Gasteiger partial charge on any atom is 0.254 e. The standard InChI is InChI=1S/C27H27FN2O3/c1-33-24-14-8-19(9-15-24)16-26(31)29-17-20-6-10-21(11-7-20)27(32)30(23-12-13-23)18-22-4-2-3-5-25(22)28/h2-11,14-15,23H,12-13,16-18H2,1H3,(H,29,31). The van der Waals surface area contributed by atoms with Crippen LogP contribution < -0.4 is 10.1 Å². The number of halogens is 1. The Hall–Kier alpha value is -3.67. The highest BCUT2D eigenvalue weighted by molar-refractivity contribution is 5.94. The number of hydrogen-bond donors (Lipinski definition) is 1. The van der Waals surface area contributed by atoms with Crippen LogP contribution in [0.4, 0.5) is 4.39 Å². The van der Waals surface area contributed by atoms with Gasteiger partial charge in [0.05, 0.1) is 13.5 Å². The van der Waals surface area contributed by atoms with Crippen molar-refractivity contribution >= 4 is 11.8 Å². The number of carbonyl (C=O) groups is 2. The summed E-state index contributed by atoms with van der Waals surface area (Å²) in [6, 6.07) is 21.3. The van der Waals surface area contributed by atoms with E-state index in [0.717, 1.165) is 29.7 Å². The highest BCUT2D eigenvalue weighted by atomic mass is 19.1. The number of carbonyl (C=O) groups excluding carboxylic acids is 2. The maximum absolute atomic E-state index is 14.1. The van der Waals surface area contributed by atoms with Gasteiger partial charge < -0.3 is 15.0 Å². The molecular formula is C27H27FN2O3. The second kappa shape index (κ2) is 10.3. The van der Waals surface area contributed by atoms with E-state index in [4.69, 9.17) is 4.74 Å². The Labute approximate surface area is 193 Å². The van der Waals surface area contributed by atoms with Gasteiger partial charge in [-0.05, 0) is 54.3 Å². The molecule has 170 valence electrons. The van der Waals surface area contributed by atoms with E-state index in [1.54, 1.807) is 42.3 Å². The first kappa shape index (κ1) is 22.5. The molecule has 2 amide bonds. The Balaban J connectivity index is 1.33. The van der Waals surface area contributed by atoms with Crippen LogP contribution in [0, 0.1) is 5.82 Å². The fraction of sp³-hybridized carbons (Fsp3) is 0.259. The van der Waals surface area contributed by atoms with Crippen molar-refractivity contribution in [2.45, 2.75) is 38.4 Å². The first-order chi connectivity index (χ1) is 16.0. The Morgan fingerprint density at radius 3 is 2.27 bits per heavy atom. The number of hydrogen-bond acceptors (Lipinski definition) is 3. The number of rotatable bonds is 9. The molecule has 33 heavy (non-hydrogen) atoms. The van der Waals surface area contributed by atoms with E-state index < -0.39 is 0 Å². The van der Waals surface area contributed by atoms with Gasteiger partial charge in [0.15, 0.2) is 0 Å². The van der Waals surface area contributed by atoms with Crippen LogP contribution in [-0.4, -0.2) is 29.9 Å². The quantitative estimate of drug-likeness (QED) is 0.527. The summed E-state index contributed by atoms with van der Waals surface area (Å²) >= 11 is 0. The van der Waals surface area contributed by atoms with Gasteiger partial charge in [-0.1, -0.05) is 42.5 Å². The van der Waals surface area contributed by atoms with Gasteiger partial charge in [0.1, 0.15) is 11.6 Å². The van der Waals surface area contributed by atoms with Gasteiger partial charge in [-0.2, -0.15) is 0 Å². The summed E-state index contributed by atoms with van der Waals surface area (Å²) in [6.07, 6.45) is 2.17. The zero-order valence-electron chi connectivity index (χ0n) is 18.6. The zero-order valence-corrected chi connectivity index (χ0v) is 18.6. The lowest BCUT2D eigenvalue weighted by atomic mass is 10.1. The summed E-state index contributed by atoms with van der Waals surface area (Å²) in [5, 5.41) is 2.91. The Morgan fingerprint density at radius 2 is 1.64 bits per heavy atom. The number of nitrogens with one attached hydrogen (secondary N) is 1. The number of ether oxygens (including phenoxy) is 1. The van der Waals surface area contributed by atoms with Crippen LogP contribution in [0.1, 0.15) is 39.9 Å². The largest absolute Gasteiger partial charge is 0.497 e. The monoisotopic (exact) mass is 446 g/mol. The molecule has 0 unspecified atom stereocenters. The summed E-state index contributed by atoms with van der Waals surface area (Å²) in [4.78, 5) is 27.1. The third-order valence-corrected chi connectivity index (χ3v) is 5.76. The molecule has 0 spiro atoms. The molecule has 1 aliphatic rings. The van der Waals surface area contributed by atoms with Crippen molar-refractivity contribution in [3.8, 4) is 5.75 Å². The Kier molecular flexibility index (Phi) is 7.03. The van der Waals surface area contributed by atoms with Crippen LogP contribution in [0.3, 0.4) is 0 Å². The summed E-state index contributed by atoms with van der Waals surface area (Å²) in [7, 11) is 1.60. The molecule has 0 atom stereocenters. The predicted molar refractivity (Wildman–Crippen MR) is 124 cm³/mol. The first-order valence-electron chi connectivity index (χ1n) is 11.1. The van der Waals surface area contributed by atoms with Crippen LogP contribution in [0.25, 0.3) is 0 Å². The first-order valence-corrected chi connectivity index (χ1v) is 11.1.